The molecule has 0 fully saturated rings. The summed E-state index contributed by atoms with van der Waals surface area (Å²) >= 11 is 10.0. The van der Waals surface area contributed by atoms with Crippen molar-refractivity contribution in [3.8, 4) is 0 Å². The highest BCUT2D eigenvalue weighted by molar-refractivity contribution is 9.11. The molecular weight excluding hydrogens is 460 g/mol. The first-order valence-electron chi connectivity index (χ1n) is 5.77. The van der Waals surface area contributed by atoms with E-state index in [1.54, 1.807) is 19.1 Å². The highest BCUT2D eigenvalue weighted by atomic mass is 79.9. The number of hydrogen-bond donors (Lipinski definition) is 3. The van der Waals surface area contributed by atoms with E-state index in [0.29, 0.717) is 21.1 Å². The van der Waals surface area contributed by atoms with Crippen molar-refractivity contribution in [2.75, 3.05) is 11.9 Å². The van der Waals surface area contributed by atoms with Gasteiger partial charge in [-0.1, -0.05) is 22.9 Å². The summed E-state index contributed by atoms with van der Waals surface area (Å²) in [4.78, 5) is 22.6. The maximum absolute atomic E-state index is 11.8. The number of carboxylic acid groups (broad SMARTS) is 1. The Labute approximate surface area is 141 Å². The minimum absolute atomic E-state index is 0.0867. The van der Waals surface area contributed by atoms with Crippen LogP contribution in [0.15, 0.2) is 25.6 Å². The number of benzene rings is 1. The predicted octanol–water partition coefficient (Wildman–Crippen LogP) is 4.21. The molecule has 0 spiro atoms. The molecule has 0 heterocycles. The molecule has 110 valence electrons. The summed E-state index contributed by atoms with van der Waals surface area (Å²) in [5.41, 5.74) is 0.578. The van der Waals surface area contributed by atoms with Gasteiger partial charge in [0.05, 0.1) is 11.6 Å². The number of carbonyl (C=O) groups excluding carboxylic acids is 1. The van der Waals surface area contributed by atoms with E-state index in [1.807, 2.05) is 0 Å². The van der Waals surface area contributed by atoms with Gasteiger partial charge in [-0.15, -0.1) is 0 Å². The molecule has 20 heavy (non-hydrogen) atoms. The van der Waals surface area contributed by atoms with Gasteiger partial charge in [-0.05, 0) is 50.4 Å². The molecule has 1 aromatic carbocycles. The van der Waals surface area contributed by atoms with Gasteiger partial charge in [0.15, 0.2) is 0 Å². The van der Waals surface area contributed by atoms with Crippen LogP contribution < -0.4 is 10.6 Å². The van der Waals surface area contributed by atoms with Crippen LogP contribution in [0.3, 0.4) is 0 Å². The lowest BCUT2D eigenvalue weighted by molar-refractivity contribution is -0.141. The molecule has 0 radical (unpaired) electrons. The van der Waals surface area contributed by atoms with Crippen molar-refractivity contribution in [1.29, 1.82) is 0 Å². The number of hydrogen-bond acceptors (Lipinski definition) is 2. The zero-order valence-electron chi connectivity index (χ0n) is 10.5. The van der Waals surface area contributed by atoms with E-state index in [2.05, 4.69) is 58.4 Å². The van der Waals surface area contributed by atoms with E-state index in [0.717, 1.165) is 4.47 Å². The first-order chi connectivity index (χ1) is 9.35. The molecule has 3 N–H and O–H groups in total. The maximum atomic E-state index is 11.8. The second-order valence-electron chi connectivity index (χ2n) is 4.02. The number of rotatable bonds is 5. The third-order valence-corrected chi connectivity index (χ3v) is 4.31. The topological polar surface area (TPSA) is 78.4 Å². The van der Waals surface area contributed by atoms with Crippen molar-refractivity contribution in [3.05, 3.63) is 25.6 Å². The summed E-state index contributed by atoms with van der Waals surface area (Å²) in [5.74, 6) is -1.50. The van der Waals surface area contributed by atoms with Crippen LogP contribution in [0, 0.1) is 5.92 Å². The Balaban J connectivity index is 2.66. The van der Waals surface area contributed by atoms with Gasteiger partial charge in [0, 0.05) is 20.0 Å². The van der Waals surface area contributed by atoms with E-state index < -0.39 is 17.9 Å². The van der Waals surface area contributed by atoms with Gasteiger partial charge in [0.25, 0.3) is 0 Å². The highest BCUT2D eigenvalue weighted by Crippen LogP contribution is 2.34. The Hall–Kier alpha value is -0.600. The summed E-state index contributed by atoms with van der Waals surface area (Å²) in [5, 5.41) is 14.1. The Morgan fingerprint density at radius 3 is 2.25 bits per heavy atom. The third kappa shape index (κ3) is 5.06. The van der Waals surface area contributed by atoms with Crippen molar-refractivity contribution in [2.45, 2.75) is 13.3 Å². The van der Waals surface area contributed by atoms with Crippen LogP contribution in [0.2, 0.25) is 0 Å². The Morgan fingerprint density at radius 1 is 1.25 bits per heavy atom. The second-order valence-corrected chi connectivity index (χ2v) is 6.65. The second kappa shape index (κ2) is 7.99. The Morgan fingerprint density at radius 2 is 1.80 bits per heavy atom. The molecule has 2 amide bonds. The molecule has 8 heteroatoms. The fourth-order valence-corrected chi connectivity index (χ4v) is 3.90. The quantitative estimate of drug-likeness (QED) is 0.600. The molecule has 1 aromatic rings. The SMILES string of the molecule is CCC(CNC(=O)Nc1c(Br)cc(Br)cc1Br)C(=O)O. The van der Waals surface area contributed by atoms with Crippen molar-refractivity contribution in [2.24, 2.45) is 5.92 Å². The lowest BCUT2D eigenvalue weighted by atomic mass is 10.1. The van der Waals surface area contributed by atoms with Crippen LogP contribution in [0.1, 0.15) is 13.3 Å². The highest BCUT2D eigenvalue weighted by Gasteiger charge is 2.16. The number of nitrogens with one attached hydrogen (secondary N) is 2. The molecule has 0 saturated carbocycles. The number of carboxylic acids is 1. The molecule has 0 aliphatic heterocycles. The fraction of sp³-hybridized carbons (Fsp3) is 0.333. The normalized spacial score (nSPS) is 11.8. The lowest BCUT2D eigenvalue weighted by Crippen LogP contribution is -2.35. The monoisotopic (exact) mass is 470 g/mol. The first-order valence-corrected chi connectivity index (χ1v) is 8.15. The van der Waals surface area contributed by atoms with E-state index in [1.165, 1.54) is 0 Å². The van der Waals surface area contributed by atoms with E-state index in [-0.39, 0.29) is 6.54 Å². The van der Waals surface area contributed by atoms with Crippen LogP contribution in [0.25, 0.3) is 0 Å². The Kier molecular flexibility index (Phi) is 6.97. The maximum Gasteiger partial charge on any atom is 0.319 e. The zero-order chi connectivity index (χ0) is 15.3. The molecule has 0 aliphatic rings. The molecule has 0 aliphatic carbocycles. The van der Waals surface area contributed by atoms with Crippen LogP contribution in [-0.2, 0) is 4.79 Å². The number of urea groups is 1. The minimum atomic E-state index is -0.918. The van der Waals surface area contributed by atoms with Crippen molar-refractivity contribution in [3.63, 3.8) is 0 Å². The Bertz CT molecular complexity index is 500. The van der Waals surface area contributed by atoms with Gasteiger partial charge in [-0.25, -0.2) is 4.79 Å². The number of halogens is 3. The standard InChI is InChI=1S/C12H13Br3N2O3/c1-2-6(11(18)19)5-16-12(20)17-10-8(14)3-7(13)4-9(10)15/h3-4,6H,2,5H2,1H3,(H,18,19)(H2,16,17,20). The number of aliphatic carboxylic acids is 1. The molecule has 1 rings (SSSR count). The number of amides is 2. The van der Waals surface area contributed by atoms with Gasteiger partial charge in [0.2, 0.25) is 0 Å². The van der Waals surface area contributed by atoms with Gasteiger partial charge < -0.3 is 15.7 Å². The van der Waals surface area contributed by atoms with E-state index >= 15 is 0 Å². The van der Waals surface area contributed by atoms with Crippen molar-refractivity contribution >= 4 is 65.5 Å². The summed E-state index contributed by atoms with van der Waals surface area (Å²) in [7, 11) is 0. The zero-order valence-corrected chi connectivity index (χ0v) is 15.3. The first kappa shape index (κ1) is 17.5. The summed E-state index contributed by atoms with van der Waals surface area (Å²) in [6.07, 6.45) is 0.460. The summed E-state index contributed by atoms with van der Waals surface area (Å²) in [6.45, 7) is 1.85. The minimum Gasteiger partial charge on any atom is -0.481 e. The molecule has 1 atom stereocenters. The molecule has 5 nitrogen and oxygen atoms in total. The van der Waals surface area contributed by atoms with Crippen molar-refractivity contribution in [1.82, 2.24) is 5.32 Å². The van der Waals surface area contributed by atoms with E-state index in [4.69, 9.17) is 5.11 Å². The number of carbonyl (C=O) groups is 2. The molecule has 1 unspecified atom stereocenters. The average molecular weight is 473 g/mol. The van der Waals surface area contributed by atoms with Crippen LogP contribution >= 0.6 is 47.8 Å². The van der Waals surface area contributed by atoms with Gasteiger partial charge in [-0.2, -0.15) is 0 Å². The van der Waals surface area contributed by atoms with Crippen LogP contribution in [0.4, 0.5) is 10.5 Å². The molecular formula is C12H13Br3N2O3. The fourth-order valence-electron chi connectivity index (χ4n) is 1.44. The summed E-state index contributed by atoms with van der Waals surface area (Å²) < 4.78 is 2.28. The smallest absolute Gasteiger partial charge is 0.319 e. The largest absolute Gasteiger partial charge is 0.481 e. The molecule has 0 bridgehead atoms. The van der Waals surface area contributed by atoms with Crippen molar-refractivity contribution < 1.29 is 14.7 Å². The van der Waals surface area contributed by atoms with Crippen LogP contribution in [-0.4, -0.2) is 23.7 Å². The van der Waals surface area contributed by atoms with E-state index in [9.17, 15) is 9.59 Å². The number of anilines is 1. The molecule has 0 saturated heterocycles. The lowest BCUT2D eigenvalue weighted by Gasteiger charge is -2.14. The van der Waals surface area contributed by atoms with Gasteiger partial charge in [0.1, 0.15) is 0 Å². The van der Waals surface area contributed by atoms with Gasteiger partial charge >= 0.3 is 12.0 Å². The van der Waals surface area contributed by atoms with Gasteiger partial charge in [-0.3, -0.25) is 4.79 Å². The third-order valence-electron chi connectivity index (χ3n) is 2.60. The predicted molar refractivity (Wildman–Crippen MR) is 88.0 cm³/mol. The molecule has 0 aromatic heterocycles. The van der Waals surface area contributed by atoms with Crippen LogP contribution in [0.5, 0.6) is 0 Å². The average Bonchev–Trinajstić information content (AvgIpc) is 2.34. The summed E-state index contributed by atoms with van der Waals surface area (Å²) in [6, 6.07) is 3.15.